The molecule has 1 aromatic rings. The van der Waals surface area contributed by atoms with Crippen LogP contribution in [-0.2, 0) is 11.3 Å². The Kier molecular flexibility index (Phi) is 6.77. The van der Waals surface area contributed by atoms with E-state index in [4.69, 9.17) is 9.47 Å². The molecule has 1 aromatic carbocycles. The van der Waals surface area contributed by atoms with E-state index in [2.05, 4.69) is 34.5 Å². The number of ether oxygens (including phenoxy) is 2. The van der Waals surface area contributed by atoms with Crippen molar-refractivity contribution in [1.82, 2.24) is 10.2 Å². The minimum atomic E-state index is 0. The van der Waals surface area contributed by atoms with Crippen LogP contribution in [0.5, 0.6) is 5.75 Å². The molecule has 4 nitrogen and oxygen atoms in total. The van der Waals surface area contributed by atoms with E-state index >= 15 is 0 Å². The zero-order valence-corrected chi connectivity index (χ0v) is 13.2. The minimum absolute atomic E-state index is 0. The van der Waals surface area contributed by atoms with Crippen molar-refractivity contribution >= 4 is 12.4 Å². The molecule has 0 radical (unpaired) electrons. The molecule has 1 N–H and O–H groups in total. The first-order valence-electron chi connectivity index (χ1n) is 7.66. The highest BCUT2D eigenvalue weighted by Gasteiger charge is 2.16. The van der Waals surface area contributed by atoms with Crippen molar-refractivity contribution < 1.29 is 9.47 Å². The predicted octanol–water partition coefficient (Wildman–Crippen LogP) is 2.07. The molecule has 3 rings (SSSR count). The average Bonchev–Trinajstić information content (AvgIpc) is 3.01. The van der Waals surface area contributed by atoms with Crippen molar-refractivity contribution in [2.75, 3.05) is 39.4 Å². The Hall–Kier alpha value is -0.810. The summed E-state index contributed by atoms with van der Waals surface area (Å²) >= 11 is 0. The Morgan fingerprint density at radius 1 is 1.19 bits per heavy atom. The molecule has 1 unspecified atom stereocenters. The van der Waals surface area contributed by atoms with Gasteiger partial charge in [0.15, 0.2) is 0 Å². The maximum Gasteiger partial charge on any atom is 0.119 e. The van der Waals surface area contributed by atoms with Gasteiger partial charge in [0.25, 0.3) is 0 Å². The van der Waals surface area contributed by atoms with Crippen molar-refractivity contribution in [3.05, 3.63) is 29.8 Å². The van der Waals surface area contributed by atoms with Gasteiger partial charge in [-0.3, -0.25) is 4.90 Å². The quantitative estimate of drug-likeness (QED) is 0.902. The van der Waals surface area contributed by atoms with Crippen LogP contribution < -0.4 is 10.1 Å². The maximum atomic E-state index is 5.79. The summed E-state index contributed by atoms with van der Waals surface area (Å²) in [4.78, 5) is 2.48. The third-order valence-electron chi connectivity index (χ3n) is 4.00. The molecule has 21 heavy (non-hydrogen) atoms. The zero-order chi connectivity index (χ0) is 13.6. The summed E-state index contributed by atoms with van der Waals surface area (Å²) in [6.45, 7) is 7.07. The fraction of sp³-hybridized carbons (Fsp3) is 0.625. The Morgan fingerprint density at radius 2 is 1.95 bits per heavy atom. The molecular weight excluding hydrogens is 288 g/mol. The third kappa shape index (κ3) is 5.15. The molecule has 2 fully saturated rings. The molecule has 2 heterocycles. The first-order valence-corrected chi connectivity index (χ1v) is 7.66. The van der Waals surface area contributed by atoms with Crippen molar-refractivity contribution in [2.24, 2.45) is 0 Å². The van der Waals surface area contributed by atoms with Crippen molar-refractivity contribution in [3.63, 3.8) is 0 Å². The Bertz CT molecular complexity index is 401. The van der Waals surface area contributed by atoms with Crippen LogP contribution in [0.4, 0.5) is 0 Å². The topological polar surface area (TPSA) is 33.7 Å². The number of benzene rings is 1. The van der Waals surface area contributed by atoms with Crippen molar-refractivity contribution in [2.45, 2.75) is 25.5 Å². The normalized spacial score (nSPS) is 22.8. The number of piperazine rings is 1. The van der Waals surface area contributed by atoms with Gasteiger partial charge in [-0.25, -0.2) is 0 Å². The van der Waals surface area contributed by atoms with Crippen molar-refractivity contribution in [3.8, 4) is 5.75 Å². The summed E-state index contributed by atoms with van der Waals surface area (Å²) in [5.41, 5.74) is 1.36. The van der Waals surface area contributed by atoms with Gasteiger partial charge in [-0.2, -0.15) is 0 Å². The molecule has 2 saturated heterocycles. The van der Waals surface area contributed by atoms with Gasteiger partial charge in [0, 0.05) is 39.3 Å². The van der Waals surface area contributed by atoms with Crippen LogP contribution in [0.3, 0.4) is 0 Å². The van der Waals surface area contributed by atoms with Crippen LogP contribution in [0, 0.1) is 0 Å². The van der Waals surface area contributed by atoms with E-state index in [1.54, 1.807) is 0 Å². The number of nitrogens with zero attached hydrogens (tertiary/aromatic N) is 1. The van der Waals surface area contributed by atoms with Crippen LogP contribution in [-0.4, -0.2) is 50.4 Å². The Balaban J connectivity index is 0.00000161. The van der Waals surface area contributed by atoms with Gasteiger partial charge in [0.1, 0.15) is 12.4 Å². The van der Waals surface area contributed by atoms with E-state index in [1.165, 1.54) is 5.56 Å². The Labute approximate surface area is 133 Å². The van der Waals surface area contributed by atoms with Gasteiger partial charge in [-0.15, -0.1) is 12.4 Å². The van der Waals surface area contributed by atoms with Gasteiger partial charge < -0.3 is 14.8 Å². The van der Waals surface area contributed by atoms with Gasteiger partial charge in [0.05, 0.1) is 6.10 Å². The molecule has 0 aromatic heterocycles. The fourth-order valence-corrected chi connectivity index (χ4v) is 2.78. The fourth-order valence-electron chi connectivity index (χ4n) is 2.78. The molecule has 0 amide bonds. The number of halogens is 1. The number of nitrogens with one attached hydrogen (secondary N) is 1. The Morgan fingerprint density at radius 3 is 2.62 bits per heavy atom. The zero-order valence-electron chi connectivity index (χ0n) is 12.4. The molecule has 1 atom stereocenters. The third-order valence-corrected chi connectivity index (χ3v) is 4.00. The van der Waals surface area contributed by atoms with Gasteiger partial charge in [-0.05, 0) is 30.5 Å². The van der Waals surface area contributed by atoms with Crippen LogP contribution in [0.2, 0.25) is 0 Å². The van der Waals surface area contributed by atoms with E-state index in [1.807, 2.05) is 0 Å². The highest BCUT2D eigenvalue weighted by atomic mass is 35.5. The summed E-state index contributed by atoms with van der Waals surface area (Å²) in [7, 11) is 0. The van der Waals surface area contributed by atoms with Gasteiger partial charge in [0.2, 0.25) is 0 Å². The lowest BCUT2D eigenvalue weighted by Gasteiger charge is -2.27. The lowest BCUT2D eigenvalue weighted by atomic mass is 10.2. The van der Waals surface area contributed by atoms with E-state index < -0.39 is 0 Å². The molecule has 0 bridgehead atoms. The van der Waals surface area contributed by atoms with E-state index in [0.717, 1.165) is 57.9 Å². The summed E-state index contributed by atoms with van der Waals surface area (Å²) in [5, 5.41) is 3.38. The van der Waals surface area contributed by atoms with Crippen LogP contribution in [0.15, 0.2) is 24.3 Å². The van der Waals surface area contributed by atoms with Crippen LogP contribution in [0.1, 0.15) is 18.4 Å². The first-order chi connectivity index (χ1) is 9.90. The molecular formula is C16H25ClN2O2. The largest absolute Gasteiger partial charge is 0.491 e. The molecule has 0 aliphatic carbocycles. The summed E-state index contributed by atoms with van der Waals surface area (Å²) in [6, 6.07) is 8.50. The second-order valence-corrected chi connectivity index (χ2v) is 5.62. The van der Waals surface area contributed by atoms with E-state index in [0.29, 0.717) is 6.61 Å². The van der Waals surface area contributed by atoms with Crippen LogP contribution >= 0.6 is 12.4 Å². The van der Waals surface area contributed by atoms with Gasteiger partial charge >= 0.3 is 0 Å². The molecule has 2 aliphatic rings. The number of hydrogen-bond donors (Lipinski definition) is 1. The molecule has 2 aliphatic heterocycles. The molecule has 0 spiro atoms. The SMILES string of the molecule is Cl.c1cc(OCC2CCCO2)ccc1CN1CCNCC1. The van der Waals surface area contributed by atoms with Crippen LogP contribution in [0.25, 0.3) is 0 Å². The van der Waals surface area contributed by atoms with E-state index in [-0.39, 0.29) is 18.5 Å². The maximum absolute atomic E-state index is 5.79. The smallest absolute Gasteiger partial charge is 0.119 e. The molecule has 5 heteroatoms. The van der Waals surface area contributed by atoms with Crippen molar-refractivity contribution in [1.29, 1.82) is 0 Å². The number of rotatable bonds is 5. The molecule has 118 valence electrons. The lowest BCUT2D eigenvalue weighted by molar-refractivity contribution is 0.0679. The molecule has 0 saturated carbocycles. The van der Waals surface area contributed by atoms with Gasteiger partial charge in [-0.1, -0.05) is 12.1 Å². The average molecular weight is 313 g/mol. The van der Waals surface area contributed by atoms with E-state index in [9.17, 15) is 0 Å². The first kappa shape index (κ1) is 16.6. The predicted molar refractivity (Wildman–Crippen MR) is 86.3 cm³/mol. The number of hydrogen-bond acceptors (Lipinski definition) is 4. The summed E-state index contributed by atoms with van der Waals surface area (Å²) in [6.07, 6.45) is 2.58. The summed E-state index contributed by atoms with van der Waals surface area (Å²) in [5.74, 6) is 0.949. The highest BCUT2D eigenvalue weighted by Crippen LogP contribution is 2.17. The minimum Gasteiger partial charge on any atom is -0.491 e. The summed E-state index contributed by atoms with van der Waals surface area (Å²) < 4.78 is 11.3. The monoisotopic (exact) mass is 312 g/mol. The standard InChI is InChI=1S/C16H24N2O2.ClH/c1-2-16(19-11-1)13-20-15-5-3-14(4-6-15)12-18-9-7-17-8-10-18;/h3-6,16-17H,1-2,7-13H2;1H. The lowest BCUT2D eigenvalue weighted by Crippen LogP contribution is -2.42. The second kappa shape index (κ2) is 8.59. The second-order valence-electron chi connectivity index (χ2n) is 5.62. The highest BCUT2D eigenvalue weighted by molar-refractivity contribution is 5.85.